The quantitative estimate of drug-likeness (QED) is 0.868. The number of carbonyl (C=O) groups excluding carboxylic acids is 1. The topological polar surface area (TPSA) is 46.3 Å². The lowest BCUT2D eigenvalue weighted by Gasteiger charge is -2.25. The van der Waals surface area contributed by atoms with Gasteiger partial charge in [-0.25, -0.2) is 0 Å². The van der Waals surface area contributed by atoms with Crippen molar-refractivity contribution in [3.05, 3.63) is 29.8 Å². The predicted molar refractivity (Wildman–Crippen MR) is 72.0 cm³/mol. The van der Waals surface area contributed by atoms with Gasteiger partial charge in [-0.05, 0) is 25.0 Å². The summed E-state index contributed by atoms with van der Waals surface area (Å²) in [5.74, 6) is 0.244. The molecule has 1 rings (SSSR count). The van der Waals surface area contributed by atoms with Crippen molar-refractivity contribution < 1.29 is 4.79 Å². The van der Waals surface area contributed by atoms with Gasteiger partial charge in [-0.3, -0.25) is 4.79 Å². The monoisotopic (exact) mass is 234 g/mol. The summed E-state index contributed by atoms with van der Waals surface area (Å²) in [5.41, 5.74) is 7.77. The second-order valence-corrected chi connectivity index (χ2v) is 4.82. The van der Waals surface area contributed by atoms with E-state index >= 15 is 0 Å². The summed E-state index contributed by atoms with van der Waals surface area (Å²) in [6, 6.07) is 7.93. The summed E-state index contributed by atoms with van der Waals surface area (Å²) in [6.07, 6.45) is 0. The molecule has 0 bridgehead atoms. The first-order chi connectivity index (χ1) is 7.97. The van der Waals surface area contributed by atoms with Gasteiger partial charge in [0, 0.05) is 19.3 Å². The molecule has 1 atom stereocenters. The van der Waals surface area contributed by atoms with E-state index in [0.717, 1.165) is 5.69 Å². The van der Waals surface area contributed by atoms with Gasteiger partial charge in [0.15, 0.2) is 0 Å². The van der Waals surface area contributed by atoms with E-state index < -0.39 is 0 Å². The first-order valence-electron chi connectivity index (χ1n) is 6.01. The number of amides is 1. The molecule has 94 valence electrons. The second-order valence-electron chi connectivity index (χ2n) is 4.82. The van der Waals surface area contributed by atoms with E-state index in [1.54, 1.807) is 11.9 Å². The highest BCUT2D eigenvalue weighted by Gasteiger charge is 2.24. The van der Waals surface area contributed by atoms with Gasteiger partial charge in [0.05, 0.1) is 5.92 Å². The van der Waals surface area contributed by atoms with Gasteiger partial charge in [-0.1, -0.05) is 31.5 Å². The predicted octanol–water partition coefficient (Wildman–Crippen LogP) is 2.19. The molecule has 0 saturated heterocycles. The van der Waals surface area contributed by atoms with E-state index in [1.807, 2.05) is 45.0 Å². The first-order valence-corrected chi connectivity index (χ1v) is 6.01. The van der Waals surface area contributed by atoms with Crippen LogP contribution in [0.25, 0.3) is 0 Å². The molecule has 1 aromatic carbocycles. The maximum absolute atomic E-state index is 12.2. The lowest BCUT2D eigenvalue weighted by molar-refractivity contribution is -0.123. The lowest BCUT2D eigenvalue weighted by atomic mass is 9.94. The highest BCUT2D eigenvalue weighted by Crippen LogP contribution is 2.19. The highest BCUT2D eigenvalue weighted by molar-refractivity contribution is 5.94. The average Bonchev–Trinajstić information content (AvgIpc) is 2.29. The smallest absolute Gasteiger partial charge is 0.231 e. The van der Waals surface area contributed by atoms with E-state index in [9.17, 15) is 4.79 Å². The molecule has 1 aromatic rings. The second kappa shape index (κ2) is 5.82. The third kappa shape index (κ3) is 3.30. The van der Waals surface area contributed by atoms with Crippen LogP contribution in [0.15, 0.2) is 24.3 Å². The average molecular weight is 234 g/mol. The number of anilines is 1. The van der Waals surface area contributed by atoms with Crippen molar-refractivity contribution in [1.29, 1.82) is 0 Å². The van der Waals surface area contributed by atoms with Crippen molar-refractivity contribution in [2.45, 2.75) is 20.8 Å². The fraction of sp³-hybridized carbons (Fsp3) is 0.500. The summed E-state index contributed by atoms with van der Waals surface area (Å²) in [7, 11) is 1.80. The van der Waals surface area contributed by atoms with Gasteiger partial charge in [0.2, 0.25) is 5.91 Å². The Balaban J connectivity index is 2.85. The third-order valence-electron chi connectivity index (χ3n) is 3.13. The molecule has 1 amide bonds. The van der Waals surface area contributed by atoms with Crippen molar-refractivity contribution >= 4 is 11.6 Å². The zero-order valence-electron chi connectivity index (χ0n) is 11.1. The fourth-order valence-electron chi connectivity index (χ4n) is 1.80. The van der Waals surface area contributed by atoms with E-state index in [0.29, 0.717) is 6.54 Å². The summed E-state index contributed by atoms with van der Waals surface area (Å²) >= 11 is 0. The molecular formula is C14H22N2O. The van der Waals surface area contributed by atoms with Gasteiger partial charge < -0.3 is 10.6 Å². The van der Waals surface area contributed by atoms with E-state index in [4.69, 9.17) is 5.73 Å². The molecule has 0 heterocycles. The Bertz CT molecular complexity index is 370. The molecule has 3 heteroatoms. The van der Waals surface area contributed by atoms with Crippen LogP contribution in [0.4, 0.5) is 5.69 Å². The van der Waals surface area contributed by atoms with Crippen molar-refractivity contribution in [3.8, 4) is 0 Å². The Morgan fingerprint density at radius 2 is 1.82 bits per heavy atom. The minimum absolute atomic E-state index is 0.0892. The zero-order valence-corrected chi connectivity index (χ0v) is 11.1. The molecule has 0 aromatic heterocycles. The molecule has 0 spiro atoms. The molecule has 0 aliphatic rings. The van der Waals surface area contributed by atoms with Crippen LogP contribution in [0.1, 0.15) is 19.4 Å². The summed E-state index contributed by atoms with van der Waals surface area (Å²) < 4.78 is 0. The molecule has 0 saturated carbocycles. The van der Waals surface area contributed by atoms with Crippen LogP contribution >= 0.6 is 0 Å². The molecule has 1 unspecified atom stereocenters. The summed E-state index contributed by atoms with van der Waals surface area (Å²) in [4.78, 5) is 13.9. The molecule has 0 aliphatic heterocycles. The Morgan fingerprint density at radius 3 is 2.24 bits per heavy atom. The molecule has 3 nitrogen and oxygen atoms in total. The Morgan fingerprint density at radius 1 is 1.29 bits per heavy atom. The summed E-state index contributed by atoms with van der Waals surface area (Å²) in [5, 5.41) is 0. The van der Waals surface area contributed by atoms with Crippen molar-refractivity contribution in [2.24, 2.45) is 17.6 Å². The zero-order chi connectivity index (χ0) is 13.0. The fourth-order valence-corrected chi connectivity index (χ4v) is 1.80. The standard InChI is InChI=1S/C14H22N2O/c1-10(2)13(9-15)14(17)16(4)12-7-5-11(3)6-8-12/h5-8,10,13H,9,15H2,1-4H3. The van der Waals surface area contributed by atoms with Gasteiger partial charge in [-0.15, -0.1) is 0 Å². The SMILES string of the molecule is Cc1ccc(N(C)C(=O)C(CN)C(C)C)cc1. The van der Waals surface area contributed by atoms with Gasteiger partial charge in [0.25, 0.3) is 0 Å². The molecule has 0 fully saturated rings. The number of aryl methyl sites for hydroxylation is 1. The Labute approximate surface area is 104 Å². The first kappa shape index (κ1) is 13.7. The number of rotatable bonds is 4. The van der Waals surface area contributed by atoms with Crippen LogP contribution in [-0.4, -0.2) is 19.5 Å². The minimum Gasteiger partial charge on any atom is -0.330 e. The van der Waals surface area contributed by atoms with Crippen LogP contribution < -0.4 is 10.6 Å². The Hall–Kier alpha value is -1.35. The molecular weight excluding hydrogens is 212 g/mol. The van der Waals surface area contributed by atoms with E-state index in [2.05, 4.69) is 0 Å². The van der Waals surface area contributed by atoms with E-state index in [1.165, 1.54) is 5.56 Å². The van der Waals surface area contributed by atoms with Crippen LogP contribution in [0.3, 0.4) is 0 Å². The van der Waals surface area contributed by atoms with Gasteiger partial charge in [-0.2, -0.15) is 0 Å². The number of benzene rings is 1. The maximum atomic E-state index is 12.2. The van der Waals surface area contributed by atoms with E-state index in [-0.39, 0.29) is 17.7 Å². The van der Waals surface area contributed by atoms with Crippen LogP contribution in [0, 0.1) is 18.8 Å². The number of carbonyl (C=O) groups is 1. The number of nitrogens with zero attached hydrogens (tertiary/aromatic N) is 1. The van der Waals surface area contributed by atoms with Crippen molar-refractivity contribution in [1.82, 2.24) is 0 Å². The van der Waals surface area contributed by atoms with Crippen LogP contribution in [0.2, 0.25) is 0 Å². The number of hydrogen-bond donors (Lipinski definition) is 1. The van der Waals surface area contributed by atoms with Crippen molar-refractivity contribution in [2.75, 3.05) is 18.5 Å². The Kier molecular flexibility index (Phi) is 4.70. The minimum atomic E-state index is -0.110. The molecule has 17 heavy (non-hydrogen) atoms. The summed E-state index contributed by atoms with van der Waals surface area (Å²) in [6.45, 7) is 6.48. The third-order valence-corrected chi connectivity index (χ3v) is 3.13. The largest absolute Gasteiger partial charge is 0.330 e. The normalized spacial score (nSPS) is 12.6. The van der Waals surface area contributed by atoms with Crippen LogP contribution in [0.5, 0.6) is 0 Å². The highest BCUT2D eigenvalue weighted by atomic mass is 16.2. The van der Waals surface area contributed by atoms with Crippen molar-refractivity contribution in [3.63, 3.8) is 0 Å². The number of hydrogen-bond acceptors (Lipinski definition) is 2. The maximum Gasteiger partial charge on any atom is 0.231 e. The molecule has 2 N–H and O–H groups in total. The lowest BCUT2D eigenvalue weighted by Crippen LogP contribution is -2.39. The van der Waals surface area contributed by atoms with Gasteiger partial charge in [0.1, 0.15) is 0 Å². The van der Waals surface area contributed by atoms with Crippen LogP contribution in [-0.2, 0) is 4.79 Å². The molecule has 0 radical (unpaired) electrons. The molecule has 0 aliphatic carbocycles. The number of nitrogens with two attached hydrogens (primary N) is 1. The van der Waals surface area contributed by atoms with Gasteiger partial charge >= 0.3 is 0 Å².